The Balaban J connectivity index is 3.53. The lowest BCUT2D eigenvalue weighted by Gasteiger charge is -2.20. The number of hydrogen-bond acceptors (Lipinski definition) is 2. The molecule has 0 aliphatic carbocycles. The lowest BCUT2D eigenvalue weighted by atomic mass is 9.96. The molecule has 0 amide bonds. The van der Waals surface area contributed by atoms with Gasteiger partial charge >= 0.3 is 0 Å². The van der Waals surface area contributed by atoms with Gasteiger partial charge in [-0.1, -0.05) is 13.8 Å². The maximum Gasteiger partial charge on any atom is 0.168 e. The molecular weight excluding hydrogens is 240 g/mol. The van der Waals surface area contributed by atoms with Crippen molar-refractivity contribution in [1.29, 1.82) is 0 Å². The Morgan fingerprint density at radius 2 is 1.35 bits per heavy atom. The predicted molar refractivity (Wildman–Crippen MR) is 52.3 cm³/mol. The molecule has 0 bridgehead atoms. The van der Waals surface area contributed by atoms with Crippen molar-refractivity contribution in [3.8, 4) is 0 Å². The van der Waals surface area contributed by atoms with Crippen LogP contribution < -0.4 is 0 Å². The van der Waals surface area contributed by atoms with E-state index >= 15 is 0 Å². The second kappa shape index (κ2) is 5.01. The highest BCUT2D eigenvalue weighted by Gasteiger charge is 2.31. The second-order valence-corrected chi connectivity index (χ2v) is 4.06. The van der Waals surface area contributed by atoms with E-state index in [1.54, 1.807) is 0 Å². The van der Waals surface area contributed by atoms with Gasteiger partial charge < -0.3 is 0 Å². The van der Waals surface area contributed by atoms with E-state index in [2.05, 4.69) is 4.89 Å². The molecule has 1 unspecified atom stereocenters. The average molecular weight is 252 g/mol. The van der Waals surface area contributed by atoms with Crippen molar-refractivity contribution in [3.63, 3.8) is 0 Å². The fourth-order valence-electron chi connectivity index (χ4n) is 1.52. The zero-order valence-electron chi connectivity index (χ0n) is 9.52. The molecule has 1 aromatic carbocycles. The molecule has 1 rings (SSSR count). The molecule has 96 valence electrons. The molecule has 1 aromatic rings. The van der Waals surface area contributed by atoms with Crippen LogP contribution in [0.5, 0.6) is 0 Å². The van der Waals surface area contributed by atoms with Crippen LogP contribution >= 0.6 is 0 Å². The molecule has 6 heteroatoms. The summed E-state index contributed by atoms with van der Waals surface area (Å²) < 4.78 is 53.6. The van der Waals surface area contributed by atoms with Gasteiger partial charge in [-0.2, -0.15) is 0 Å². The van der Waals surface area contributed by atoms with Crippen LogP contribution in [-0.2, 0) is 4.89 Å². The number of benzene rings is 1. The monoisotopic (exact) mass is 252 g/mol. The van der Waals surface area contributed by atoms with Crippen LogP contribution in [0, 0.1) is 36.1 Å². The summed E-state index contributed by atoms with van der Waals surface area (Å²) in [6.45, 7) is 3.88. The van der Waals surface area contributed by atoms with Gasteiger partial charge in [0, 0.05) is 5.56 Å². The molecule has 0 aliphatic heterocycles. The fraction of sp³-hybridized carbons (Fsp3) is 0.455. The minimum absolute atomic E-state index is 0.564. The van der Waals surface area contributed by atoms with Crippen LogP contribution in [0.3, 0.4) is 0 Å². The van der Waals surface area contributed by atoms with Crippen molar-refractivity contribution >= 4 is 0 Å². The van der Waals surface area contributed by atoms with E-state index in [4.69, 9.17) is 5.26 Å². The van der Waals surface area contributed by atoms with Crippen LogP contribution in [0.4, 0.5) is 17.6 Å². The average Bonchev–Trinajstić information content (AvgIpc) is 2.29. The molecule has 0 spiro atoms. The lowest BCUT2D eigenvalue weighted by Crippen LogP contribution is -2.16. The van der Waals surface area contributed by atoms with Gasteiger partial charge in [0.25, 0.3) is 0 Å². The summed E-state index contributed by atoms with van der Waals surface area (Å²) in [7, 11) is 0. The highest BCUT2D eigenvalue weighted by Crippen LogP contribution is 2.33. The molecular formula is C11H12F4O2. The Bertz CT molecular complexity index is 403. The third kappa shape index (κ3) is 2.28. The summed E-state index contributed by atoms with van der Waals surface area (Å²) in [6.07, 6.45) is -1.47. The summed E-state index contributed by atoms with van der Waals surface area (Å²) in [6, 6.07) is 0. The van der Waals surface area contributed by atoms with Crippen molar-refractivity contribution in [2.75, 3.05) is 0 Å². The van der Waals surface area contributed by atoms with E-state index in [0.29, 0.717) is 0 Å². The molecule has 0 heterocycles. The molecule has 2 nitrogen and oxygen atoms in total. The molecule has 0 saturated carbocycles. The SMILES string of the molecule is Cc1c(F)c(F)c(C(OO)C(C)C)c(F)c1F. The van der Waals surface area contributed by atoms with Crippen LogP contribution in [0.25, 0.3) is 0 Å². The van der Waals surface area contributed by atoms with E-state index in [1.165, 1.54) is 13.8 Å². The standard InChI is InChI=1S/C11H12F4O2/c1-4(2)11(17-16)6-9(14)7(12)5(3)8(13)10(6)15/h4,11,16H,1-3H3. The largest absolute Gasteiger partial charge is 0.251 e. The Kier molecular flexibility index (Phi) is 4.11. The molecule has 0 radical (unpaired) electrons. The van der Waals surface area contributed by atoms with Gasteiger partial charge in [0.2, 0.25) is 0 Å². The summed E-state index contributed by atoms with van der Waals surface area (Å²) in [5.74, 6) is -6.63. The van der Waals surface area contributed by atoms with Gasteiger partial charge in [-0.15, -0.1) is 0 Å². The summed E-state index contributed by atoms with van der Waals surface area (Å²) in [5, 5.41) is 8.57. The molecule has 1 atom stereocenters. The summed E-state index contributed by atoms with van der Waals surface area (Å²) in [4.78, 5) is 3.90. The lowest BCUT2D eigenvalue weighted by molar-refractivity contribution is -0.292. The van der Waals surface area contributed by atoms with Crippen molar-refractivity contribution < 1.29 is 27.7 Å². The minimum atomic E-state index is -1.55. The third-order valence-electron chi connectivity index (χ3n) is 2.52. The predicted octanol–water partition coefficient (Wildman–Crippen LogP) is 3.74. The molecule has 0 aliphatic rings. The van der Waals surface area contributed by atoms with Gasteiger partial charge in [0.1, 0.15) is 6.10 Å². The van der Waals surface area contributed by atoms with Crippen molar-refractivity contribution in [3.05, 3.63) is 34.4 Å². The maximum absolute atomic E-state index is 13.5. The summed E-state index contributed by atoms with van der Waals surface area (Å²) in [5.41, 5.74) is -1.69. The number of hydrogen-bond donors (Lipinski definition) is 1. The van der Waals surface area contributed by atoms with Crippen LogP contribution in [0.15, 0.2) is 0 Å². The first-order valence-electron chi connectivity index (χ1n) is 4.95. The minimum Gasteiger partial charge on any atom is -0.251 e. The van der Waals surface area contributed by atoms with E-state index in [9.17, 15) is 17.6 Å². The topological polar surface area (TPSA) is 29.5 Å². The van der Waals surface area contributed by atoms with E-state index in [0.717, 1.165) is 6.92 Å². The Morgan fingerprint density at radius 1 is 0.941 bits per heavy atom. The van der Waals surface area contributed by atoms with Crippen LogP contribution in [0.2, 0.25) is 0 Å². The van der Waals surface area contributed by atoms with Gasteiger partial charge in [-0.25, -0.2) is 22.4 Å². The highest BCUT2D eigenvalue weighted by molar-refractivity contribution is 5.30. The highest BCUT2D eigenvalue weighted by atomic mass is 19.2. The van der Waals surface area contributed by atoms with Crippen LogP contribution in [-0.4, -0.2) is 5.26 Å². The smallest absolute Gasteiger partial charge is 0.168 e. The normalized spacial score (nSPS) is 13.2. The van der Waals surface area contributed by atoms with E-state index in [-0.39, 0.29) is 0 Å². The maximum atomic E-state index is 13.5. The Morgan fingerprint density at radius 3 is 1.65 bits per heavy atom. The first kappa shape index (κ1) is 13.9. The molecule has 17 heavy (non-hydrogen) atoms. The van der Waals surface area contributed by atoms with Crippen molar-refractivity contribution in [2.45, 2.75) is 26.9 Å². The number of halogens is 4. The fourth-order valence-corrected chi connectivity index (χ4v) is 1.52. The van der Waals surface area contributed by atoms with E-state index in [1.807, 2.05) is 0 Å². The Hall–Kier alpha value is -1.14. The zero-order chi connectivity index (χ0) is 13.3. The number of rotatable bonds is 3. The first-order chi connectivity index (χ1) is 7.82. The van der Waals surface area contributed by atoms with Gasteiger partial charge in [0.15, 0.2) is 23.3 Å². The Labute approximate surface area is 95.8 Å². The quantitative estimate of drug-likeness (QED) is 0.384. The van der Waals surface area contributed by atoms with Gasteiger partial charge in [-0.3, -0.25) is 5.26 Å². The van der Waals surface area contributed by atoms with Gasteiger partial charge in [0.05, 0.1) is 5.56 Å². The molecule has 0 fully saturated rings. The first-order valence-corrected chi connectivity index (χ1v) is 4.95. The van der Waals surface area contributed by atoms with Crippen LogP contribution in [0.1, 0.15) is 31.1 Å². The molecule has 0 saturated heterocycles. The van der Waals surface area contributed by atoms with Crippen molar-refractivity contribution in [1.82, 2.24) is 0 Å². The molecule has 0 aromatic heterocycles. The van der Waals surface area contributed by atoms with E-state index < -0.39 is 46.4 Å². The van der Waals surface area contributed by atoms with Crippen molar-refractivity contribution in [2.24, 2.45) is 5.92 Å². The van der Waals surface area contributed by atoms with Gasteiger partial charge in [-0.05, 0) is 12.8 Å². The second-order valence-electron chi connectivity index (χ2n) is 4.06. The molecule has 1 N–H and O–H groups in total. The zero-order valence-corrected chi connectivity index (χ0v) is 9.52. The summed E-state index contributed by atoms with van der Waals surface area (Å²) >= 11 is 0. The third-order valence-corrected chi connectivity index (χ3v) is 2.52.